The van der Waals surface area contributed by atoms with Gasteiger partial charge in [0.15, 0.2) is 0 Å². The normalized spacial score (nSPS) is 9.89. The lowest BCUT2D eigenvalue weighted by molar-refractivity contribution is -0.143. The summed E-state index contributed by atoms with van der Waals surface area (Å²) in [5.41, 5.74) is -0.131. The van der Waals surface area contributed by atoms with Crippen molar-refractivity contribution in [2.45, 2.75) is 13.3 Å². The molecule has 0 bridgehead atoms. The highest BCUT2D eigenvalue weighted by Gasteiger charge is 2.13. The Balaban J connectivity index is 2.57. The molecule has 0 saturated heterocycles. The van der Waals surface area contributed by atoms with Crippen molar-refractivity contribution >= 4 is 11.9 Å². The second-order valence-electron chi connectivity index (χ2n) is 3.71. The van der Waals surface area contributed by atoms with E-state index in [-0.39, 0.29) is 36.1 Å². The minimum atomic E-state index is -0.348. The molecule has 6 nitrogen and oxygen atoms in total. The lowest BCUT2D eigenvalue weighted by atomic mass is 10.3. The number of amides is 1. The highest BCUT2D eigenvalue weighted by molar-refractivity contribution is 5.92. The molecule has 0 radical (unpaired) electrons. The molecule has 0 fully saturated rings. The van der Waals surface area contributed by atoms with Crippen LogP contribution in [-0.4, -0.2) is 42.0 Å². The van der Waals surface area contributed by atoms with Crippen LogP contribution in [0.1, 0.15) is 23.8 Å². The van der Waals surface area contributed by atoms with E-state index in [0.29, 0.717) is 6.61 Å². The minimum absolute atomic E-state index is 0.132. The fourth-order valence-electron chi connectivity index (χ4n) is 1.37. The minimum Gasteiger partial charge on any atom is -0.466 e. The van der Waals surface area contributed by atoms with Crippen molar-refractivity contribution in [2.24, 2.45) is 0 Å². The van der Waals surface area contributed by atoms with Gasteiger partial charge < -0.3 is 14.6 Å². The Hall–Kier alpha value is -2.11. The van der Waals surface area contributed by atoms with Crippen molar-refractivity contribution in [1.29, 1.82) is 0 Å². The molecular formula is C12H16N2O4. The average molecular weight is 252 g/mol. The molecule has 0 aliphatic heterocycles. The summed E-state index contributed by atoms with van der Waals surface area (Å²) in [5, 5.41) is 0. The fourth-order valence-corrected chi connectivity index (χ4v) is 1.37. The van der Waals surface area contributed by atoms with E-state index < -0.39 is 0 Å². The quantitative estimate of drug-likeness (QED) is 0.769. The smallest absolute Gasteiger partial charge is 0.307 e. The van der Waals surface area contributed by atoms with Crippen LogP contribution in [0.4, 0.5) is 0 Å². The number of pyridine rings is 1. The number of esters is 1. The highest BCUT2D eigenvalue weighted by atomic mass is 16.5. The molecule has 1 N–H and O–H groups in total. The molecule has 0 aromatic carbocycles. The van der Waals surface area contributed by atoms with Crippen molar-refractivity contribution in [3.05, 3.63) is 34.2 Å². The topological polar surface area (TPSA) is 79.5 Å². The highest BCUT2D eigenvalue weighted by Crippen LogP contribution is 1.99. The number of carbonyl (C=O) groups excluding carboxylic acids is 2. The number of H-pyrrole nitrogens is 1. The van der Waals surface area contributed by atoms with Gasteiger partial charge in [0.1, 0.15) is 5.69 Å². The van der Waals surface area contributed by atoms with Gasteiger partial charge in [0.2, 0.25) is 5.56 Å². The van der Waals surface area contributed by atoms with Gasteiger partial charge in [0, 0.05) is 19.7 Å². The van der Waals surface area contributed by atoms with Gasteiger partial charge in [-0.15, -0.1) is 0 Å². The van der Waals surface area contributed by atoms with E-state index >= 15 is 0 Å². The van der Waals surface area contributed by atoms with Gasteiger partial charge in [-0.05, 0) is 13.0 Å². The first-order valence-corrected chi connectivity index (χ1v) is 5.65. The molecule has 0 aliphatic rings. The number of hydrogen-bond acceptors (Lipinski definition) is 4. The van der Waals surface area contributed by atoms with Crippen molar-refractivity contribution in [2.75, 3.05) is 20.2 Å². The maximum atomic E-state index is 11.9. The molecule has 0 atom stereocenters. The number of nitrogens with one attached hydrogen (secondary N) is 1. The van der Waals surface area contributed by atoms with Crippen molar-refractivity contribution in [3.8, 4) is 0 Å². The summed E-state index contributed by atoms with van der Waals surface area (Å²) in [6.45, 7) is 2.29. The fraction of sp³-hybridized carbons (Fsp3) is 0.417. The standard InChI is InChI=1S/C12H16N2O4/c1-3-18-11(16)7-8-14(2)12(17)9-5-4-6-10(15)13-9/h4-6H,3,7-8H2,1-2H3,(H,13,15). The van der Waals surface area contributed by atoms with Gasteiger partial charge in [-0.1, -0.05) is 6.07 Å². The third-order valence-corrected chi connectivity index (χ3v) is 2.30. The number of carbonyl (C=O) groups is 2. The van der Waals surface area contributed by atoms with Crippen molar-refractivity contribution in [3.63, 3.8) is 0 Å². The SMILES string of the molecule is CCOC(=O)CCN(C)C(=O)c1cccc(=O)[nH]1. The van der Waals surface area contributed by atoms with Crippen LogP contribution >= 0.6 is 0 Å². The molecule has 1 rings (SSSR count). The third-order valence-electron chi connectivity index (χ3n) is 2.30. The van der Waals surface area contributed by atoms with E-state index in [1.54, 1.807) is 14.0 Å². The van der Waals surface area contributed by atoms with E-state index in [1.165, 1.54) is 23.1 Å². The van der Waals surface area contributed by atoms with E-state index in [4.69, 9.17) is 4.74 Å². The van der Waals surface area contributed by atoms with Crippen LogP contribution in [0.25, 0.3) is 0 Å². The second kappa shape index (κ2) is 6.58. The summed E-state index contributed by atoms with van der Waals surface area (Å²) < 4.78 is 4.76. The Morgan fingerprint density at radius 2 is 2.11 bits per heavy atom. The van der Waals surface area contributed by atoms with Gasteiger partial charge in [-0.2, -0.15) is 0 Å². The van der Waals surface area contributed by atoms with Crippen molar-refractivity contribution < 1.29 is 14.3 Å². The Morgan fingerprint density at radius 3 is 2.72 bits per heavy atom. The first kappa shape index (κ1) is 14.0. The maximum absolute atomic E-state index is 11.9. The van der Waals surface area contributed by atoms with Crippen LogP contribution in [0, 0.1) is 0 Å². The zero-order valence-electron chi connectivity index (χ0n) is 10.4. The van der Waals surface area contributed by atoms with Crippen LogP contribution in [-0.2, 0) is 9.53 Å². The lowest BCUT2D eigenvalue weighted by Gasteiger charge is -2.16. The van der Waals surface area contributed by atoms with Crippen LogP contribution in [0.2, 0.25) is 0 Å². The summed E-state index contributed by atoms with van der Waals surface area (Å²) in [5.74, 6) is -0.685. The summed E-state index contributed by atoms with van der Waals surface area (Å²) in [6, 6.07) is 4.35. The second-order valence-corrected chi connectivity index (χ2v) is 3.71. The molecular weight excluding hydrogens is 236 g/mol. The number of ether oxygens (including phenoxy) is 1. The van der Waals surface area contributed by atoms with Crippen LogP contribution in [0.3, 0.4) is 0 Å². The zero-order valence-corrected chi connectivity index (χ0v) is 10.4. The molecule has 1 heterocycles. The first-order valence-electron chi connectivity index (χ1n) is 5.65. The van der Waals surface area contributed by atoms with E-state index in [2.05, 4.69) is 4.98 Å². The number of rotatable bonds is 5. The molecule has 0 unspecified atom stereocenters. The summed E-state index contributed by atoms with van der Waals surface area (Å²) >= 11 is 0. The van der Waals surface area contributed by atoms with E-state index in [9.17, 15) is 14.4 Å². The summed E-state index contributed by atoms with van der Waals surface area (Å²) in [4.78, 5) is 37.9. The molecule has 6 heteroatoms. The van der Waals surface area contributed by atoms with Crippen LogP contribution < -0.4 is 5.56 Å². The number of aromatic nitrogens is 1. The van der Waals surface area contributed by atoms with Gasteiger partial charge in [0.25, 0.3) is 5.91 Å². The Labute approximate surface area is 105 Å². The largest absolute Gasteiger partial charge is 0.466 e. The molecule has 0 spiro atoms. The molecule has 1 aromatic heterocycles. The summed E-state index contributed by atoms with van der Waals surface area (Å²) in [6.07, 6.45) is 0.132. The average Bonchev–Trinajstić information content (AvgIpc) is 2.35. The van der Waals surface area contributed by atoms with Gasteiger partial charge in [-0.3, -0.25) is 14.4 Å². The molecule has 1 amide bonds. The molecule has 18 heavy (non-hydrogen) atoms. The first-order chi connectivity index (χ1) is 8.54. The van der Waals surface area contributed by atoms with Gasteiger partial charge in [-0.25, -0.2) is 0 Å². The Morgan fingerprint density at radius 1 is 1.39 bits per heavy atom. The lowest BCUT2D eigenvalue weighted by Crippen LogP contribution is -2.31. The summed E-state index contributed by atoms with van der Waals surface area (Å²) in [7, 11) is 1.56. The molecule has 1 aromatic rings. The molecule has 98 valence electrons. The maximum Gasteiger partial charge on any atom is 0.307 e. The molecule has 0 saturated carbocycles. The van der Waals surface area contributed by atoms with E-state index in [1.807, 2.05) is 0 Å². The van der Waals surface area contributed by atoms with E-state index in [0.717, 1.165) is 0 Å². The number of hydrogen-bond donors (Lipinski definition) is 1. The number of aromatic amines is 1. The van der Waals surface area contributed by atoms with Crippen LogP contribution in [0.15, 0.2) is 23.0 Å². The zero-order chi connectivity index (χ0) is 13.5. The Kier molecular flexibility index (Phi) is 5.10. The molecule has 0 aliphatic carbocycles. The predicted molar refractivity (Wildman–Crippen MR) is 65.3 cm³/mol. The predicted octanol–water partition coefficient (Wildman–Crippen LogP) is 0.400. The number of nitrogens with zero attached hydrogens (tertiary/aromatic N) is 1. The monoisotopic (exact) mass is 252 g/mol. The van der Waals surface area contributed by atoms with Crippen molar-refractivity contribution in [1.82, 2.24) is 9.88 Å². The van der Waals surface area contributed by atoms with Crippen LogP contribution in [0.5, 0.6) is 0 Å². The Bertz CT molecular complexity index is 481. The van der Waals surface area contributed by atoms with Gasteiger partial charge in [0.05, 0.1) is 13.0 Å². The van der Waals surface area contributed by atoms with Gasteiger partial charge >= 0.3 is 5.97 Å². The third kappa shape index (κ3) is 4.04.